The number of carboxylic acid groups (broad SMARTS) is 2. The van der Waals surface area contributed by atoms with Gasteiger partial charge < -0.3 is 35.0 Å². The highest BCUT2D eigenvalue weighted by Gasteiger charge is 2.49. The van der Waals surface area contributed by atoms with Crippen molar-refractivity contribution in [2.45, 2.75) is 50.0 Å². The zero-order chi connectivity index (χ0) is 30.2. The van der Waals surface area contributed by atoms with Gasteiger partial charge in [-0.1, -0.05) is 18.2 Å². The average Bonchev–Trinajstić information content (AvgIpc) is 2.94. The number of hydrogen-bond donors (Lipinski definition) is 4. The van der Waals surface area contributed by atoms with Crippen LogP contribution in [0.5, 0.6) is 11.5 Å². The molecule has 3 rings (SSSR count). The molecular formula is C31H41ClN2O7S. The maximum atomic E-state index is 12.6. The van der Waals surface area contributed by atoms with Crippen LogP contribution in [0.25, 0.3) is 0 Å². The summed E-state index contributed by atoms with van der Waals surface area (Å²) in [4.78, 5) is 27.7. The fourth-order valence-corrected chi connectivity index (χ4v) is 5.61. The third kappa shape index (κ3) is 8.01. The maximum absolute atomic E-state index is 12.6. The summed E-state index contributed by atoms with van der Waals surface area (Å²) in [7, 11) is 1.68. The lowest BCUT2D eigenvalue weighted by atomic mass is 9.66. The molecule has 0 radical (unpaired) electrons. The Hall–Kier alpha value is -3.18. The Morgan fingerprint density at radius 1 is 1.00 bits per heavy atom. The topological polar surface area (TPSA) is 129 Å². The Morgan fingerprint density at radius 3 is 2.19 bits per heavy atom. The molecule has 0 fully saturated rings. The van der Waals surface area contributed by atoms with Crippen molar-refractivity contribution in [1.29, 1.82) is 0 Å². The van der Waals surface area contributed by atoms with E-state index in [1.54, 1.807) is 38.8 Å². The lowest BCUT2D eigenvalue weighted by Gasteiger charge is -2.42. The van der Waals surface area contributed by atoms with Crippen LogP contribution < -0.4 is 14.8 Å². The van der Waals surface area contributed by atoms with E-state index < -0.39 is 23.5 Å². The van der Waals surface area contributed by atoms with Gasteiger partial charge in [-0.3, -0.25) is 0 Å². The highest BCUT2D eigenvalue weighted by atomic mass is 35.5. The van der Waals surface area contributed by atoms with E-state index in [4.69, 9.17) is 9.47 Å². The molecule has 0 spiro atoms. The normalized spacial score (nSPS) is 15.2. The van der Waals surface area contributed by atoms with E-state index in [9.17, 15) is 24.9 Å². The minimum Gasteiger partial charge on any atom is -0.493 e. The summed E-state index contributed by atoms with van der Waals surface area (Å²) in [6.45, 7) is 6.67. The van der Waals surface area contributed by atoms with Crippen LogP contribution in [0.2, 0.25) is 0 Å². The number of nitrogens with zero attached hydrogens (tertiary/aromatic N) is 1. The van der Waals surface area contributed by atoms with Gasteiger partial charge >= 0.3 is 11.9 Å². The van der Waals surface area contributed by atoms with E-state index >= 15 is 0 Å². The second-order valence-corrected chi connectivity index (χ2v) is 11.0. The van der Waals surface area contributed by atoms with Crippen molar-refractivity contribution in [2.75, 3.05) is 39.6 Å². The summed E-state index contributed by atoms with van der Waals surface area (Å²) in [5.41, 5.74) is 0.0237. The zero-order valence-electron chi connectivity index (χ0n) is 24.7. The van der Waals surface area contributed by atoms with Crippen LogP contribution >= 0.6 is 24.2 Å². The largest absolute Gasteiger partial charge is 0.493 e. The fraction of sp³-hybridized carbons (Fsp3) is 0.419. The van der Waals surface area contributed by atoms with Crippen LogP contribution in [0.15, 0.2) is 76.0 Å². The number of carboxylic acids is 2. The smallest absolute Gasteiger partial charge is 0.334 e. The number of nitrogens with one attached hydrogen (secondary N) is 1. The molecule has 0 aliphatic carbocycles. The molecule has 42 heavy (non-hydrogen) atoms. The Balaban J connectivity index is 0.00000616. The van der Waals surface area contributed by atoms with Crippen LogP contribution in [-0.2, 0) is 15.0 Å². The van der Waals surface area contributed by atoms with Crippen molar-refractivity contribution in [3.8, 4) is 11.5 Å². The predicted octanol–water partition coefficient (Wildman–Crippen LogP) is 4.94. The molecule has 2 aromatic carbocycles. The Morgan fingerprint density at radius 2 is 1.62 bits per heavy atom. The molecule has 0 bridgehead atoms. The highest BCUT2D eigenvalue weighted by molar-refractivity contribution is 7.98. The highest BCUT2D eigenvalue weighted by Crippen LogP contribution is 2.50. The van der Waals surface area contributed by atoms with Crippen LogP contribution in [0, 0.1) is 0 Å². The molecule has 0 saturated carbocycles. The number of halogens is 1. The van der Waals surface area contributed by atoms with Gasteiger partial charge in [-0.15, -0.1) is 24.2 Å². The number of ether oxygens (including phenoxy) is 2. The van der Waals surface area contributed by atoms with E-state index in [1.165, 1.54) is 11.8 Å². The van der Waals surface area contributed by atoms with E-state index in [2.05, 4.69) is 5.32 Å². The summed E-state index contributed by atoms with van der Waals surface area (Å²) in [6.07, 6.45) is 2.76. The van der Waals surface area contributed by atoms with Crippen LogP contribution in [0.1, 0.15) is 39.2 Å². The van der Waals surface area contributed by atoms with Gasteiger partial charge in [0.15, 0.2) is 0 Å². The number of allylic oxidation sites excluding steroid dienone is 2. The van der Waals surface area contributed by atoms with Crippen LogP contribution in [0.3, 0.4) is 0 Å². The Labute approximate surface area is 258 Å². The Kier molecular flexibility index (Phi) is 13.2. The van der Waals surface area contributed by atoms with Gasteiger partial charge in [0.05, 0.1) is 23.2 Å². The number of aliphatic hydroxyl groups excluding tert-OH is 1. The second-order valence-electron chi connectivity index (χ2n) is 10.1. The molecule has 1 heterocycles. The number of aliphatic hydroxyl groups is 1. The van der Waals surface area contributed by atoms with Gasteiger partial charge in [0.25, 0.3) is 0 Å². The van der Waals surface area contributed by atoms with Crippen molar-refractivity contribution >= 4 is 36.1 Å². The first-order valence-electron chi connectivity index (χ1n) is 13.5. The quantitative estimate of drug-likeness (QED) is 0.161. The minimum atomic E-state index is -1.45. The molecule has 4 N–H and O–H groups in total. The molecule has 1 atom stereocenters. The van der Waals surface area contributed by atoms with Crippen LogP contribution in [-0.4, -0.2) is 77.9 Å². The van der Waals surface area contributed by atoms with E-state index in [0.717, 1.165) is 11.3 Å². The summed E-state index contributed by atoms with van der Waals surface area (Å²) >= 11 is 1.49. The third-order valence-electron chi connectivity index (χ3n) is 7.45. The molecule has 9 nitrogen and oxygen atoms in total. The first kappa shape index (κ1) is 35.0. The molecule has 1 unspecified atom stereocenters. The van der Waals surface area contributed by atoms with Crippen molar-refractivity contribution in [1.82, 2.24) is 10.2 Å². The molecule has 0 amide bonds. The number of unbranched alkanes of at least 4 members (excludes halogenated alkanes) is 1. The molecule has 1 aliphatic rings. The van der Waals surface area contributed by atoms with Crippen molar-refractivity contribution in [2.24, 2.45) is 0 Å². The molecule has 230 valence electrons. The molecule has 11 heteroatoms. The number of hydrogen-bond acceptors (Lipinski definition) is 8. The zero-order valence-corrected chi connectivity index (χ0v) is 26.3. The summed E-state index contributed by atoms with van der Waals surface area (Å²) in [6, 6.07) is 14.8. The molecule has 0 aromatic heterocycles. The van der Waals surface area contributed by atoms with Gasteiger partial charge in [0.2, 0.25) is 0 Å². The second kappa shape index (κ2) is 15.9. The summed E-state index contributed by atoms with van der Waals surface area (Å²) < 4.78 is 11.7. The first-order valence-corrected chi connectivity index (χ1v) is 14.8. The number of rotatable bonds is 15. The van der Waals surface area contributed by atoms with E-state index in [0.29, 0.717) is 54.6 Å². The number of benzene rings is 2. The molecule has 0 saturated heterocycles. The van der Waals surface area contributed by atoms with E-state index in [1.807, 2.05) is 48.7 Å². The number of thioether (sulfide) groups is 1. The molecular weight excluding hydrogens is 580 g/mol. The average molecular weight is 621 g/mol. The maximum Gasteiger partial charge on any atom is 0.334 e. The standard InChI is InChI=1S/C31H40N2O7S.ClH/c1-20-27(29(35)36)31(3,28(30(37)38)21(2)33(20)4)25-17-24(41-5)13-14-26(25)39-16-10-9-15-32-18-22(34)19-40-23-11-7-6-8-12-23;/h6-8,11-14,17,22,32,34H,9-10,15-16,18-19H2,1-5H3,(H,35,36)(H,37,38);1H. The predicted molar refractivity (Wildman–Crippen MR) is 167 cm³/mol. The van der Waals surface area contributed by atoms with Gasteiger partial charge in [-0.2, -0.15) is 0 Å². The summed E-state index contributed by atoms with van der Waals surface area (Å²) in [5.74, 6) is -1.18. The minimum absolute atomic E-state index is 0. The third-order valence-corrected chi connectivity index (χ3v) is 8.18. The van der Waals surface area contributed by atoms with Gasteiger partial charge in [-0.25, -0.2) is 9.59 Å². The van der Waals surface area contributed by atoms with Gasteiger partial charge in [0, 0.05) is 35.4 Å². The molecule has 2 aromatic rings. The number of carbonyl (C=O) groups is 2. The van der Waals surface area contributed by atoms with Crippen molar-refractivity contribution < 1.29 is 34.4 Å². The lowest BCUT2D eigenvalue weighted by Crippen LogP contribution is -2.43. The molecule has 1 aliphatic heterocycles. The first-order chi connectivity index (χ1) is 19.5. The van der Waals surface area contributed by atoms with Crippen LogP contribution in [0.4, 0.5) is 0 Å². The van der Waals surface area contributed by atoms with Crippen molar-refractivity contribution in [3.63, 3.8) is 0 Å². The Bertz CT molecular complexity index is 1260. The van der Waals surface area contributed by atoms with E-state index in [-0.39, 0.29) is 30.2 Å². The fourth-order valence-electron chi connectivity index (χ4n) is 5.17. The van der Waals surface area contributed by atoms with Crippen molar-refractivity contribution in [3.05, 3.63) is 76.6 Å². The number of aliphatic carboxylic acids is 2. The van der Waals surface area contributed by atoms with Gasteiger partial charge in [-0.05, 0) is 76.7 Å². The number of para-hydroxylation sites is 1. The monoisotopic (exact) mass is 620 g/mol. The van der Waals surface area contributed by atoms with Gasteiger partial charge in [0.1, 0.15) is 24.2 Å². The summed E-state index contributed by atoms with van der Waals surface area (Å²) in [5, 5.41) is 33.9. The SMILES string of the molecule is CSc1ccc(OCCCCNCC(O)COc2ccccc2)c(C2(C)C(C(=O)O)=C(C)N(C)C(C)=C2C(=O)O)c1.Cl. The lowest BCUT2D eigenvalue weighted by molar-refractivity contribution is -0.134.